The molecule has 0 aliphatic carbocycles. The van der Waals surface area contributed by atoms with E-state index in [0.29, 0.717) is 16.9 Å². The number of hydrogen-bond acceptors (Lipinski definition) is 4. The number of hydrogen-bond donors (Lipinski definition) is 1. The topological polar surface area (TPSA) is 49.4 Å². The normalized spacial score (nSPS) is 23.1. The summed E-state index contributed by atoms with van der Waals surface area (Å²) >= 11 is 1.27. The van der Waals surface area contributed by atoms with Crippen LogP contribution < -0.4 is 10.4 Å². The van der Waals surface area contributed by atoms with Crippen molar-refractivity contribution in [2.75, 3.05) is 5.01 Å². The number of carbonyl (C=O) groups excluding carboxylic acids is 2. The van der Waals surface area contributed by atoms with Crippen LogP contribution in [0.5, 0.6) is 0 Å². The van der Waals surface area contributed by atoms with Crippen molar-refractivity contribution in [3.63, 3.8) is 0 Å². The first-order valence-corrected chi connectivity index (χ1v) is 7.65. The van der Waals surface area contributed by atoms with Gasteiger partial charge in [-0.3, -0.25) is 15.0 Å². The molecule has 108 valence electrons. The summed E-state index contributed by atoms with van der Waals surface area (Å²) in [7, 11) is 0. The molecule has 2 heterocycles. The number of ketones is 1. The highest BCUT2D eigenvalue weighted by Gasteiger charge is 2.61. The number of amides is 1. The van der Waals surface area contributed by atoms with Crippen molar-refractivity contribution in [2.24, 2.45) is 0 Å². The highest BCUT2D eigenvalue weighted by atomic mass is 32.2. The zero-order chi connectivity index (χ0) is 15.3. The van der Waals surface area contributed by atoms with Crippen LogP contribution in [0.2, 0.25) is 0 Å². The van der Waals surface area contributed by atoms with Gasteiger partial charge in [0.15, 0.2) is 5.78 Å². The molecule has 0 saturated carbocycles. The molecule has 1 spiro atoms. The Morgan fingerprint density at radius 3 is 2.41 bits per heavy atom. The van der Waals surface area contributed by atoms with Crippen molar-refractivity contribution in [3.05, 3.63) is 72.4 Å². The zero-order valence-corrected chi connectivity index (χ0v) is 12.4. The van der Waals surface area contributed by atoms with Crippen molar-refractivity contribution in [1.29, 1.82) is 0 Å². The van der Waals surface area contributed by atoms with Crippen LogP contribution in [0, 0.1) is 0 Å². The molecule has 2 aliphatic rings. The molecule has 0 aromatic heterocycles. The number of hydrazine groups is 1. The summed E-state index contributed by atoms with van der Waals surface area (Å²) in [5.74, 6) is -0.496. The van der Waals surface area contributed by atoms with Crippen LogP contribution in [-0.4, -0.2) is 16.4 Å². The molecule has 0 bridgehead atoms. The number of fused-ring (bicyclic) bond motifs is 1. The van der Waals surface area contributed by atoms with Crippen molar-refractivity contribution >= 4 is 29.1 Å². The van der Waals surface area contributed by atoms with E-state index in [1.54, 1.807) is 12.1 Å². The Labute approximate surface area is 131 Å². The highest BCUT2D eigenvalue weighted by Crippen LogP contribution is 2.51. The number of benzene rings is 2. The first kappa shape index (κ1) is 13.2. The monoisotopic (exact) mass is 308 g/mol. The third kappa shape index (κ3) is 1.54. The fourth-order valence-electron chi connectivity index (χ4n) is 2.79. The molecule has 0 radical (unpaired) electrons. The fraction of sp³-hybridized carbons (Fsp3) is 0.0588. The molecule has 0 unspecified atom stereocenters. The van der Waals surface area contributed by atoms with Gasteiger partial charge in [0.25, 0.3) is 5.91 Å². The number of rotatable bonds is 1. The fourth-order valence-corrected chi connectivity index (χ4v) is 4.09. The van der Waals surface area contributed by atoms with Crippen molar-refractivity contribution in [2.45, 2.75) is 9.64 Å². The van der Waals surface area contributed by atoms with Gasteiger partial charge in [-0.15, -0.1) is 0 Å². The van der Waals surface area contributed by atoms with Gasteiger partial charge >= 0.3 is 0 Å². The molecule has 1 atom stereocenters. The molecule has 22 heavy (non-hydrogen) atoms. The first-order chi connectivity index (χ1) is 10.6. The van der Waals surface area contributed by atoms with Gasteiger partial charge in [-0.25, -0.2) is 5.01 Å². The summed E-state index contributed by atoms with van der Waals surface area (Å²) in [6, 6.07) is 16.5. The van der Waals surface area contributed by atoms with E-state index in [4.69, 9.17) is 0 Å². The second-order valence-corrected chi connectivity index (χ2v) is 6.43. The molecule has 1 saturated heterocycles. The van der Waals surface area contributed by atoms with E-state index in [0.717, 1.165) is 4.90 Å². The summed E-state index contributed by atoms with van der Waals surface area (Å²) in [6.07, 6.45) is 0. The first-order valence-electron chi connectivity index (χ1n) is 6.83. The van der Waals surface area contributed by atoms with Crippen molar-refractivity contribution in [3.8, 4) is 0 Å². The van der Waals surface area contributed by atoms with Crippen LogP contribution in [0.25, 0.3) is 0 Å². The van der Waals surface area contributed by atoms with Crippen molar-refractivity contribution < 1.29 is 9.59 Å². The number of nitrogens with zero attached hydrogens (tertiary/aromatic N) is 1. The number of para-hydroxylation sites is 1. The molecule has 4 rings (SSSR count). The van der Waals surface area contributed by atoms with Gasteiger partial charge in [0.05, 0.1) is 11.4 Å². The summed E-state index contributed by atoms with van der Waals surface area (Å²) < 4.78 is -1.29. The van der Waals surface area contributed by atoms with Gasteiger partial charge in [-0.1, -0.05) is 54.7 Å². The van der Waals surface area contributed by atoms with Crippen LogP contribution in [0.4, 0.5) is 5.69 Å². The standard InChI is InChI=1S/C17H12N2O2S/c1-11-17(15(20)13-9-5-6-10-14(13)22-17)16(21)19(18-11)12-7-3-2-4-8-12/h2-10,18H,1H2/t17-/m1/s1. The van der Waals surface area contributed by atoms with Crippen LogP contribution in [0.3, 0.4) is 0 Å². The Morgan fingerprint density at radius 1 is 1.00 bits per heavy atom. The number of nitrogens with one attached hydrogen (secondary N) is 1. The number of carbonyl (C=O) groups is 2. The molecule has 1 amide bonds. The Bertz CT molecular complexity index is 818. The quantitative estimate of drug-likeness (QED) is 0.823. The Morgan fingerprint density at radius 2 is 1.68 bits per heavy atom. The van der Waals surface area contributed by atoms with Crippen LogP contribution in [-0.2, 0) is 4.79 Å². The lowest BCUT2D eigenvalue weighted by Crippen LogP contribution is -2.42. The molecule has 2 aliphatic heterocycles. The van der Waals surface area contributed by atoms with Crippen LogP contribution >= 0.6 is 11.8 Å². The lowest BCUT2D eigenvalue weighted by atomic mass is 9.95. The van der Waals surface area contributed by atoms with Crippen LogP contribution in [0.1, 0.15) is 10.4 Å². The molecule has 1 N–H and O–H groups in total. The second-order valence-electron chi connectivity index (χ2n) is 5.18. The SMILES string of the molecule is C=C1NN(c2ccccc2)C(=O)[C@@]12Sc1ccccc1C2=O. The largest absolute Gasteiger partial charge is 0.294 e. The Kier molecular flexibility index (Phi) is 2.68. The maximum Gasteiger partial charge on any atom is 0.276 e. The summed E-state index contributed by atoms with van der Waals surface area (Å²) in [5, 5.41) is 1.40. The van der Waals surface area contributed by atoms with Gasteiger partial charge in [-0.05, 0) is 18.2 Å². The minimum absolute atomic E-state index is 0.200. The molecule has 2 aromatic rings. The minimum Gasteiger partial charge on any atom is -0.294 e. The second kappa shape index (κ2) is 4.48. The van der Waals surface area contributed by atoms with E-state index in [1.807, 2.05) is 42.5 Å². The van der Waals surface area contributed by atoms with Gasteiger partial charge < -0.3 is 0 Å². The van der Waals surface area contributed by atoms with Gasteiger partial charge in [0.1, 0.15) is 0 Å². The highest BCUT2D eigenvalue weighted by molar-refractivity contribution is 8.03. The number of Topliss-reactive ketones (excluding diaryl/α,β-unsaturated/α-hetero) is 1. The third-order valence-electron chi connectivity index (χ3n) is 3.90. The zero-order valence-electron chi connectivity index (χ0n) is 11.6. The molecule has 4 nitrogen and oxygen atoms in total. The minimum atomic E-state index is -1.29. The summed E-state index contributed by atoms with van der Waals surface area (Å²) in [5.41, 5.74) is 4.65. The number of thioether (sulfide) groups is 1. The Hall–Kier alpha value is -2.53. The lowest BCUT2D eigenvalue weighted by molar-refractivity contribution is -0.118. The summed E-state index contributed by atoms with van der Waals surface area (Å²) in [6.45, 7) is 3.93. The Balaban J connectivity index is 1.80. The smallest absolute Gasteiger partial charge is 0.276 e. The van der Waals surface area contributed by atoms with Crippen molar-refractivity contribution in [1.82, 2.24) is 5.43 Å². The van der Waals surface area contributed by atoms with Crippen LogP contribution in [0.15, 0.2) is 71.8 Å². The van der Waals surface area contributed by atoms with Gasteiger partial charge in [0.2, 0.25) is 4.75 Å². The van der Waals surface area contributed by atoms with E-state index in [-0.39, 0.29) is 11.7 Å². The maximum absolute atomic E-state index is 13.0. The van der Waals surface area contributed by atoms with E-state index in [1.165, 1.54) is 16.8 Å². The van der Waals surface area contributed by atoms with Gasteiger partial charge in [0, 0.05) is 10.5 Å². The predicted molar refractivity (Wildman–Crippen MR) is 85.6 cm³/mol. The molecular formula is C17H12N2O2S. The lowest BCUT2D eigenvalue weighted by Gasteiger charge is -2.18. The predicted octanol–water partition coefficient (Wildman–Crippen LogP) is 2.78. The van der Waals surface area contributed by atoms with E-state index >= 15 is 0 Å². The third-order valence-corrected chi connectivity index (χ3v) is 5.39. The molecule has 1 fully saturated rings. The average molecular weight is 308 g/mol. The molecule has 5 heteroatoms. The molecular weight excluding hydrogens is 296 g/mol. The van der Waals surface area contributed by atoms with Gasteiger partial charge in [-0.2, -0.15) is 0 Å². The van der Waals surface area contributed by atoms with E-state index in [9.17, 15) is 9.59 Å². The maximum atomic E-state index is 13.0. The number of anilines is 1. The average Bonchev–Trinajstić information content (AvgIpc) is 2.99. The van der Waals surface area contributed by atoms with E-state index in [2.05, 4.69) is 12.0 Å². The molecule has 2 aromatic carbocycles. The summed E-state index contributed by atoms with van der Waals surface area (Å²) in [4.78, 5) is 26.6. The van der Waals surface area contributed by atoms with E-state index < -0.39 is 4.75 Å².